The summed E-state index contributed by atoms with van der Waals surface area (Å²) in [6.45, 7) is 0.165. The van der Waals surface area contributed by atoms with Crippen LogP contribution in [0.1, 0.15) is 18.6 Å². The predicted octanol–water partition coefficient (Wildman–Crippen LogP) is 1.88. The lowest BCUT2D eigenvalue weighted by Crippen LogP contribution is -2.21. The van der Waals surface area contributed by atoms with Gasteiger partial charge in [0.25, 0.3) is 5.82 Å². The molecule has 0 saturated heterocycles. The van der Waals surface area contributed by atoms with E-state index in [0.717, 1.165) is 0 Å². The summed E-state index contributed by atoms with van der Waals surface area (Å²) >= 11 is 0. The van der Waals surface area contributed by atoms with Gasteiger partial charge in [0, 0.05) is 0 Å². The van der Waals surface area contributed by atoms with Crippen LogP contribution in [0.5, 0.6) is 0 Å². The molecule has 0 spiro atoms. The summed E-state index contributed by atoms with van der Waals surface area (Å²) in [5, 5.41) is 2.63. The van der Waals surface area contributed by atoms with Gasteiger partial charge in [-0.1, -0.05) is 0 Å². The van der Waals surface area contributed by atoms with Crippen LogP contribution in [0.15, 0.2) is 0 Å². The molecular weight excluding hydrogens is 284 g/mol. The maximum atomic E-state index is 12.4. The highest BCUT2D eigenvalue weighted by Gasteiger charge is 2.44. The standard InChI is InChI=1S/C8H7F6N3O2/c1-2-19-4(18)3-17-6(8(12,13)14)15-5(16-17)7(9,10)11/h2-3H2,1H3. The van der Waals surface area contributed by atoms with E-state index in [1.54, 1.807) is 0 Å². The van der Waals surface area contributed by atoms with Crippen LogP contribution in [0, 0.1) is 0 Å². The van der Waals surface area contributed by atoms with Gasteiger partial charge in [-0.25, -0.2) is 4.68 Å². The van der Waals surface area contributed by atoms with Crippen LogP contribution in [0.2, 0.25) is 0 Å². The zero-order valence-electron chi connectivity index (χ0n) is 9.34. The molecule has 0 aliphatic heterocycles. The second kappa shape index (κ2) is 5.05. The van der Waals surface area contributed by atoms with Gasteiger partial charge in [-0.15, -0.1) is 5.10 Å². The number of esters is 1. The minimum absolute atomic E-state index is 0.124. The Labute approximate surface area is 102 Å². The first-order chi connectivity index (χ1) is 8.55. The van der Waals surface area contributed by atoms with Crippen LogP contribution in [-0.4, -0.2) is 27.3 Å². The van der Waals surface area contributed by atoms with Crippen molar-refractivity contribution in [2.75, 3.05) is 6.61 Å². The van der Waals surface area contributed by atoms with Gasteiger partial charge >= 0.3 is 18.3 Å². The molecule has 0 radical (unpaired) electrons. The van der Waals surface area contributed by atoms with Gasteiger partial charge in [0.2, 0.25) is 5.82 Å². The second-order valence-corrected chi connectivity index (χ2v) is 3.22. The lowest BCUT2D eigenvalue weighted by Gasteiger charge is -2.07. The van der Waals surface area contributed by atoms with Gasteiger partial charge in [0.05, 0.1) is 6.61 Å². The lowest BCUT2D eigenvalue weighted by atomic mass is 10.5. The summed E-state index contributed by atoms with van der Waals surface area (Å²) in [5.41, 5.74) is 0. The minimum Gasteiger partial charge on any atom is -0.465 e. The van der Waals surface area contributed by atoms with E-state index in [4.69, 9.17) is 0 Å². The molecule has 0 fully saturated rings. The summed E-state index contributed by atoms with van der Waals surface area (Å²) in [6, 6.07) is 0. The number of ether oxygens (including phenoxy) is 1. The summed E-state index contributed by atoms with van der Waals surface area (Å²) < 4.78 is 78.2. The van der Waals surface area contributed by atoms with Crippen molar-refractivity contribution < 1.29 is 35.9 Å². The van der Waals surface area contributed by atoms with Gasteiger partial charge in [0.15, 0.2) is 0 Å². The average Bonchev–Trinajstić information content (AvgIpc) is 2.60. The first-order valence-corrected chi connectivity index (χ1v) is 4.80. The Hall–Kier alpha value is -1.81. The zero-order chi connectivity index (χ0) is 14.8. The van der Waals surface area contributed by atoms with Crippen molar-refractivity contribution >= 4 is 5.97 Å². The molecule has 11 heteroatoms. The second-order valence-electron chi connectivity index (χ2n) is 3.22. The summed E-state index contributed by atoms with van der Waals surface area (Å²) in [5.74, 6) is -5.02. The SMILES string of the molecule is CCOC(=O)Cn1nc(C(F)(F)F)nc1C(F)(F)F. The summed E-state index contributed by atoms with van der Waals surface area (Å²) in [7, 11) is 0. The molecule has 0 N–H and O–H groups in total. The molecule has 1 rings (SSSR count). The Morgan fingerprint density at radius 2 is 1.79 bits per heavy atom. The van der Waals surface area contributed by atoms with Crippen molar-refractivity contribution in [3.63, 3.8) is 0 Å². The van der Waals surface area contributed by atoms with Crippen LogP contribution in [0.4, 0.5) is 26.3 Å². The molecule has 0 unspecified atom stereocenters. The van der Waals surface area contributed by atoms with Crippen molar-refractivity contribution in [3.05, 3.63) is 11.6 Å². The average molecular weight is 291 g/mol. The fourth-order valence-corrected chi connectivity index (χ4v) is 1.11. The number of hydrogen-bond donors (Lipinski definition) is 0. The Morgan fingerprint density at radius 1 is 1.21 bits per heavy atom. The van der Waals surface area contributed by atoms with Crippen LogP contribution < -0.4 is 0 Å². The lowest BCUT2D eigenvalue weighted by molar-refractivity contribution is -0.152. The highest BCUT2D eigenvalue weighted by molar-refractivity contribution is 5.69. The van der Waals surface area contributed by atoms with E-state index in [0.29, 0.717) is 0 Å². The van der Waals surface area contributed by atoms with Crippen molar-refractivity contribution in [3.8, 4) is 0 Å². The molecule has 108 valence electrons. The number of hydrogen-bond acceptors (Lipinski definition) is 4. The largest absolute Gasteiger partial charge is 0.465 e. The van der Waals surface area contributed by atoms with Crippen LogP contribution >= 0.6 is 0 Å². The predicted molar refractivity (Wildman–Crippen MR) is 46.7 cm³/mol. The molecule has 0 atom stereocenters. The number of nitrogens with zero attached hydrogens (tertiary/aromatic N) is 3. The number of alkyl halides is 6. The smallest absolute Gasteiger partial charge is 0.453 e. The Balaban J connectivity index is 3.14. The minimum atomic E-state index is -5.16. The fourth-order valence-electron chi connectivity index (χ4n) is 1.11. The third-order valence-electron chi connectivity index (χ3n) is 1.76. The maximum Gasteiger partial charge on any atom is 0.453 e. The van der Waals surface area contributed by atoms with Crippen molar-refractivity contribution in [1.82, 2.24) is 14.8 Å². The summed E-state index contributed by atoms with van der Waals surface area (Å²) in [6.07, 6.45) is -10.3. The number of carbonyl (C=O) groups excluding carboxylic acids is 1. The Morgan fingerprint density at radius 3 is 2.21 bits per heavy atom. The van der Waals surface area contributed by atoms with Crippen molar-refractivity contribution in [2.24, 2.45) is 0 Å². The van der Waals surface area contributed by atoms with Gasteiger partial charge in [-0.3, -0.25) is 4.79 Å². The van der Waals surface area contributed by atoms with E-state index < -0.39 is 36.5 Å². The van der Waals surface area contributed by atoms with E-state index in [1.165, 1.54) is 6.92 Å². The molecule has 19 heavy (non-hydrogen) atoms. The molecule has 5 nitrogen and oxygen atoms in total. The van der Waals surface area contributed by atoms with E-state index >= 15 is 0 Å². The van der Waals surface area contributed by atoms with Crippen LogP contribution in [0.25, 0.3) is 0 Å². The molecule has 0 aliphatic carbocycles. The normalized spacial score (nSPS) is 12.6. The number of aromatic nitrogens is 3. The number of carbonyl (C=O) groups is 1. The zero-order valence-corrected chi connectivity index (χ0v) is 9.34. The molecule has 0 bridgehead atoms. The molecule has 0 aromatic carbocycles. The highest BCUT2D eigenvalue weighted by atomic mass is 19.4. The van der Waals surface area contributed by atoms with E-state index in [1.807, 2.05) is 0 Å². The van der Waals surface area contributed by atoms with E-state index in [9.17, 15) is 31.1 Å². The molecule has 0 saturated carbocycles. The third-order valence-corrected chi connectivity index (χ3v) is 1.76. The Bertz CT molecular complexity index is 464. The van der Waals surface area contributed by atoms with Crippen molar-refractivity contribution in [1.29, 1.82) is 0 Å². The molecule has 1 heterocycles. The van der Waals surface area contributed by atoms with E-state index in [-0.39, 0.29) is 11.3 Å². The van der Waals surface area contributed by atoms with Crippen LogP contribution in [-0.2, 0) is 28.4 Å². The maximum absolute atomic E-state index is 12.4. The number of rotatable bonds is 3. The first-order valence-electron chi connectivity index (χ1n) is 4.80. The topological polar surface area (TPSA) is 57.0 Å². The van der Waals surface area contributed by atoms with Crippen LogP contribution in [0.3, 0.4) is 0 Å². The Kier molecular flexibility index (Phi) is 4.06. The molecule has 1 aromatic heterocycles. The van der Waals surface area contributed by atoms with Gasteiger partial charge in [-0.2, -0.15) is 31.3 Å². The quantitative estimate of drug-likeness (QED) is 0.630. The van der Waals surface area contributed by atoms with Gasteiger partial charge in [-0.05, 0) is 6.92 Å². The molecule has 0 aliphatic rings. The fraction of sp³-hybridized carbons (Fsp3) is 0.625. The molecular formula is C8H7F6N3O2. The molecule has 0 amide bonds. The van der Waals surface area contributed by atoms with E-state index in [2.05, 4.69) is 14.8 Å². The number of halogens is 6. The van der Waals surface area contributed by atoms with Gasteiger partial charge in [0.1, 0.15) is 6.54 Å². The first kappa shape index (κ1) is 15.2. The molecule has 1 aromatic rings. The highest BCUT2D eigenvalue weighted by Crippen LogP contribution is 2.32. The van der Waals surface area contributed by atoms with Gasteiger partial charge < -0.3 is 4.74 Å². The van der Waals surface area contributed by atoms with Crippen molar-refractivity contribution in [2.45, 2.75) is 25.8 Å². The third kappa shape index (κ3) is 3.83. The monoisotopic (exact) mass is 291 g/mol. The summed E-state index contributed by atoms with van der Waals surface area (Å²) in [4.78, 5) is 13.4.